The van der Waals surface area contributed by atoms with Crippen molar-refractivity contribution >= 4 is 40.3 Å². The lowest BCUT2D eigenvalue weighted by Gasteiger charge is -2.11. The van der Waals surface area contributed by atoms with Crippen molar-refractivity contribution in [2.45, 2.75) is 6.92 Å². The normalized spacial score (nSPS) is 10.6. The van der Waals surface area contributed by atoms with E-state index < -0.39 is 5.91 Å². The van der Waals surface area contributed by atoms with Gasteiger partial charge >= 0.3 is 0 Å². The van der Waals surface area contributed by atoms with Crippen molar-refractivity contribution in [3.05, 3.63) is 106 Å². The minimum absolute atomic E-state index is 0.211. The van der Waals surface area contributed by atoms with Crippen LogP contribution >= 0.6 is 12.2 Å². The Hall–Kier alpha value is -4.24. The first-order chi connectivity index (χ1) is 16.3. The molecular weight excluding hydrogens is 453 g/mol. The maximum Gasteiger partial charge on any atom is 0.295 e. The molecule has 0 bridgehead atoms. The number of nitrogens with one attached hydrogen (secondary N) is 3. The molecule has 9 heteroatoms. The first kappa shape index (κ1) is 22.9. The third kappa shape index (κ3) is 4.89. The van der Waals surface area contributed by atoms with Crippen molar-refractivity contribution in [1.29, 1.82) is 0 Å². The molecule has 0 saturated heterocycles. The number of halogens is 1. The molecule has 1 aromatic heterocycles. The second-order valence-electron chi connectivity index (χ2n) is 7.56. The first-order valence-corrected chi connectivity index (χ1v) is 10.8. The maximum absolute atomic E-state index is 13.1. The summed E-state index contributed by atoms with van der Waals surface area (Å²) in [5.41, 5.74) is 2.78. The summed E-state index contributed by atoms with van der Waals surface area (Å²) in [6.45, 7) is 1.77. The Bertz CT molecular complexity index is 1410. The summed E-state index contributed by atoms with van der Waals surface area (Å²) >= 11 is 5.30. The average molecular weight is 476 g/mol. The van der Waals surface area contributed by atoms with Crippen LogP contribution in [0, 0.1) is 12.7 Å². The van der Waals surface area contributed by atoms with Gasteiger partial charge < -0.3 is 16.0 Å². The Kier molecular flexibility index (Phi) is 6.55. The van der Waals surface area contributed by atoms with Gasteiger partial charge in [-0.05, 0) is 73.7 Å². The van der Waals surface area contributed by atoms with Crippen LogP contribution in [0.3, 0.4) is 0 Å². The molecular formula is C25H22FN5O2S. The van der Waals surface area contributed by atoms with E-state index in [9.17, 15) is 14.0 Å². The average Bonchev–Trinajstić information content (AvgIpc) is 3.04. The fourth-order valence-electron chi connectivity index (χ4n) is 3.46. The molecule has 0 unspecified atom stereocenters. The van der Waals surface area contributed by atoms with Crippen molar-refractivity contribution in [2.24, 2.45) is 7.05 Å². The Morgan fingerprint density at radius 2 is 1.56 bits per heavy atom. The number of hydrogen-bond acceptors (Lipinski definition) is 3. The summed E-state index contributed by atoms with van der Waals surface area (Å²) in [5, 5.41) is 8.98. The van der Waals surface area contributed by atoms with Crippen LogP contribution in [0.1, 0.15) is 16.1 Å². The number of carbonyl (C=O) groups excluding carboxylic acids is 1. The van der Waals surface area contributed by atoms with E-state index in [4.69, 9.17) is 12.2 Å². The van der Waals surface area contributed by atoms with Crippen molar-refractivity contribution < 1.29 is 9.18 Å². The van der Waals surface area contributed by atoms with Crippen LogP contribution in [-0.4, -0.2) is 20.4 Å². The van der Waals surface area contributed by atoms with E-state index in [1.54, 1.807) is 55.1 Å². The van der Waals surface area contributed by atoms with Gasteiger partial charge in [0, 0.05) is 24.0 Å². The molecule has 1 amide bonds. The second kappa shape index (κ2) is 9.72. The van der Waals surface area contributed by atoms with Crippen LogP contribution in [0.5, 0.6) is 0 Å². The molecule has 7 nitrogen and oxygen atoms in total. The number of anilines is 3. The summed E-state index contributed by atoms with van der Waals surface area (Å²) in [4.78, 5) is 26.0. The van der Waals surface area contributed by atoms with Crippen LogP contribution in [0.2, 0.25) is 0 Å². The highest BCUT2D eigenvalue weighted by Crippen LogP contribution is 2.17. The van der Waals surface area contributed by atoms with Crippen LogP contribution in [0.15, 0.2) is 83.7 Å². The predicted octanol–water partition coefficient (Wildman–Crippen LogP) is 4.68. The molecule has 0 aliphatic heterocycles. The summed E-state index contributed by atoms with van der Waals surface area (Å²) in [6.07, 6.45) is 0. The number of hydrogen-bond donors (Lipinski definition) is 3. The van der Waals surface area contributed by atoms with Gasteiger partial charge in [0.25, 0.3) is 11.5 Å². The molecule has 0 atom stereocenters. The number of aromatic nitrogens is 2. The standard InChI is InChI=1S/C25H22FN5O2S/c1-16-22(24(33)31(30(16)2)21-9-4-3-5-10-21)29-23(32)17-7-6-8-20(15-17)28-25(34)27-19-13-11-18(26)12-14-19/h3-15H,1-2H3,(H,29,32)(H2,27,28,34). The molecule has 0 aliphatic carbocycles. The van der Waals surface area contributed by atoms with Gasteiger partial charge in [-0.15, -0.1) is 0 Å². The molecule has 4 rings (SSSR count). The summed E-state index contributed by atoms with van der Waals surface area (Å²) in [5.74, 6) is -0.764. The molecule has 0 spiro atoms. The van der Waals surface area contributed by atoms with Gasteiger partial charge in [-0.25, -0.2) is 9.07 Å². The van der Waals surface area contributed by atoms with E-state index in [0.29, 0.717) is 28.3 Å². The fourth-order valence-corrected chi connectivity index (χ4v) is 3.70. The zero-order valence-corrected chi connectivity index (χ0v) is 19.3. The molecule has 172 valence electrons. The second-order valence-corrected chi connectivity index (χ2v) is 7.97. The molecule has 0 aliphatic rings. The molecule has 4 aromatic rings. The summed E-state index contributed by atoms with van der Waals surface area (Å²) < 4.78 is 16.3. The topological polar surface area (TPSA) is 80.1 Å². The lowest BCUT2D eigenvalue weighted by molar-refractivity contribution is 0.102. The van der Waals surface area contributed by atoms with Crippen LogP contribution < -0.4 is 21.5 Å². The third-order valence-corrected chi connectivity index (χ3v) is 5.48. The van der Waals surface area contributed by atoms with Gasteiger partial charge in [0.1, 0.15) is 11.5 Å². The Morgan fingerprint density at radius 1 is 0.882 bits per heavy atom. The molecule has 3 N–H and O–H groups in total. The maximum atomic E-state index is 13.1. The van der Waals surface area contributed by atoms with E-state index in [0.717, 1.165) is 0 Å². The van der Waals surface area contributed by atoms with Crippen LogP contribution in [0.4, 0.5) is 21.5 Å². The number of para-hydroxylation sites is 1. The van der Waals surface area contributed by atoms with Crippen LogP contribution in [0.25, 0.3) is 5.69 Å². The van der Waals surface area contributed by atoms with E-state index in [1.165, 1.54) is 16.8 Å². The number of amides is 1. The molecule has 3 aromatic carbocycles. The third-order valence-electron chi connectivity index (χ3n) is 5.28. The quantitative estimate of drug-likeness (QED) is 0.365. The van der Waals surface area contributed by atoms with Crippen molar-refractivity contribution in [3.63, 3.8) is 0 Å². The first-order valence-electron chi connectivity index (χ1n) is 10.4. The Labute approximate surface area is 200 Å². The summed E-state index contributed by atoms with van der Waals surface area (Å²) in [6, 6.07) is 21.7. The van der Waals surface area contributed by atoms with Crippen molar-refractivity contribution in [1.82, 2.24) is 9.36 Å². The highest BCUT2D eigenvalue weighted by atomic mass is 32.1. The minimum atomic E-state index is -0.424. The van der Waals surface area contributed by atoms with Gasteiger partial charge in [0.15, 0.2) is 5.11 Å². The van der Waals surface area contributed by atoms with Gasteiger partial charge in [-0.1, -0.05) is 24.3 Å². The fraction of sp³-hybridized carbons (Fsp3) is 0.0800. The van der Waals surface area contributed by atoms with E-state index in [2.05, 4.69) is 16.0 Å². The van der Waals surface area contributed by atoms with E-state index >= 15 is 0 Å². The van der Waals surface area contributed by atoms with Crippen molar-refractivity contribution in [3.8, 4) is 5.69 Å². The largest absolute Gasteiger partial charge is 0.332 e. The van der Waals surface area contributed by atoms with Gasteiger partial charge in [0.05, 0.1) is 11.4 Å². The van der Waals surface area contributed by atoms with Crippen LogP contribution in [-0.2, 0) is 7.05 Å². The monoisotopic (exact) mass is 475 g/mol. The Balaban J connectivity index is 1.50. The highest BCUT2D eigenvalue weighted by Gasteiger charge is 2.19. The minimum Gasteiger partial charge on any atom is -0.332 e. The zero-order valence-electron chi connectivity index (χ0n) is 18.5. The number of rotatable bonds is 5. The Morgan fingerprint density at radius 3 is 2.26 bits per heavy atom. The molecule has 0 saturated carbocycles. The zero-order chi connectivity index (χ0) is 24.2. The molecule has 1 heterocycles. The number of nitrogens with zero attached hydrogens (tertiary/aromatic N) is 2. The lowest BCUT2D eigenvalue weighted by Crippen LogP contribution is -2.23. The van der Waals surface area contributed by atoms with Gasteiger partial charge in [0.2, 0.25) is 0 Å². The van der Waals surface area contributed by atoms with E-state index in [-0.39, 0.29) is 22.2 Å². The van der Waals surface area contributed by atoms with Crippen molar-refractivity contribution in [2.75, 3.05) is 16.0 Å². The SMILES string of the molecule is Cc1c(NC(=O)c2cccc(NC(=S)Nc3ccc(F)cc3)c2)c(=O)n(-c2ccccc2)n1C. The highest BCUT2D eigenvalue weighted by molar-refractivity contribution is 7.80. The number of carbonyl (C=O) groups is 1. The molecule has 0 fully saturated rings. The predicted molar refractivity (Wildman–Crippen MR) is 136 cm³/mol. The smallest absolute Gasteiger partial charge is 0.295 e. The van der Waals surface area contributed by atoms with Gasteiger partial charge in [-0.2, -0.15) is 0 Å². The lowest BCUT2D eigenvalue weighted by atomic mass is 10.2. The van der Waals surface area contributed by atoms with E-state index in [1.807, 2.05) is 30.3 Å². The number of benzene rings is 3. The molecule has 34 heavy (non-hydrogen) atoms. The van der Waals surface area contributed by atoms with Gasteiger partial charge in [-0.3, -0.25) is 14.3 Å². The molecule has 0 radical (unpaired) electrons. The number of thiocarbonyl (C=S) groups is 1. The summed E-state index contributed by atoms with van der Waals surface area (Å²) in [7, 11) is 1.76.